The van der Waals surface area contributed by atoms with Crippen LogP contribution in [0.15, 0.2) is 0 Å². The van der Waals surface area contributed by atoms with Gasteiger partial charge in [-0.3, -0.25) is 0 Å². The molecule has 0 saturated heterocycles. The molecule has 0 N–H and O–H groups in total. The van der Waals surface area contributed by atoms with E-state index < -0.39 is 18.5 Å². The van der Waals surface area contributed by atoms with E-state index in [0.29, 0.717) is 0 Å². The topological polar surface area (TPSA) is 23.8 Å². The van der Waals surface area contributed by atoms with E-state index in [-0.39, 0.29) is 5.92 Å². The summed E-state index contributed by atoms with van der Waals surface area (Å²) >= 11 is -9.19. The van der Waals surface area contributed by atoms with Gasteiger partial charge in [-0.2, -0.15) is 5.26 Å². The van der Waals surface area contributed by atoms with Crippen LogP contribution in [0, 0.1) is 17.2 Å². The molecule has 0 aliphatic carbocycles. The van der Waals surface area contributed by atoms with Gasteiger partial charge in [-0.05, 0) is 13.3 Å². The Kier molecular flexibility index (Phi) is 6.59. The van der Waals surface area contributed by atoms with Gasteiger partial charge < -0.3 is 0 Å². The van der Waals surface area contributed by atoms with Crippen molar-refractivity contribution in [1.82, 2.24) is 0 Å². The van der Waals surface area contributed by atoms with Gasteiger partial charge >= 0.3 is 33.7 Å². The minimum absolute atomic E-state index is 0.255. The van der Waals surface area contributed by atoms with Crippen LogP contribution in [0.1, 0.15) is 26.7 Å². The summed E-state index contributed by atoms with van der Waals surface area (Å²) < 4.78 is 49.6. The van der Waals surface area contributed by atoms with Crippen molar-refractivity contribution in [3.63, 3.8) is 0 Å². The summed E-state index contributed by atoms with van der Waals surface area (Å²) in [6.45, 7) is 4.04. The number of hydrogen-bond acceptors (Lipinski definition) is 1. The molecule has 1 atom stereocenters. The number of hydrogen-bond donors (Lipinski definition) is 0. The molecule has 0 fully saturated rings. The Morgan fingerprint density at radius 3 is 1.62 bits per heavy atom. The predicted molar refractivity (Wildman–Crippen MR) is 35.2 cm³/mol. The van der Waals surface area contributed by atoms with Crippen LogP contribution in [-0.4, -0.2) is 0 Å². The Balaban J connectivity index is 0. The maximum absolute atomic E-state index is 9.91. The van der Waals surface area contributed by atoms with E-state index in [9.17, 15) is 15.1 Å². The molecule has 1 nitrogen and oxygen atoms in total. The molecule has 0 spiro atoms. The van der Waals surface area contributed by atoms with Crippen molar-refractivity contribution in [2.24, 2.45) is 5.92 Å². The van der Waals surface area contributed by atoms with Crippen LogP contribution in [0.4, 0.5) is 15.1 Å². The summed E-state index contributed by atoms with van der Waals surface area (Å²) in [6.07, 6.45) is 2.16. The fraction of sp³-hybridized carbons (Fsp3) is 0.833. The zero-order valence-corrected chi connectivity index (χ0v) is 9.47. The first-order chi connectivity index (χ1) is 5.54. The fourth-order valence-electron chi connectivity index (χ4n) is 0.498. The van der Waals surface area contributed by atoms with Crippen molar-refractivity contribution in [1.29, 1.82) is 5.26 Å². The van der Waals surface area contributed by atoms with Crippen molar-refractivity contribution in [2.45, 2.75) is 26.7 Å². The van der Waals surface area contributed by atoms with E-state index in [2.05, 4.69) is 13.0 Å². The monoisotopic (exact) mass is 285 g/mol. The molecule has 0 aromatic carbocycles. The Labute approximate surface area is 78.0 Å². The number of nitriles is 1. The van der Waals surface area contributed by atoms with Gasteiger partial charge in [0.25, 0.3) is 0 Å². The van der Waals surface area contributed by atoms with Crippen molar-refractivity contribution in [3.05, 3.63) is 0 Å². The summed E-state index contributed by atoms with van der Waals surface area (Å²) in [5.41, 5.74) is 0. The summed E-state index contributed by atoms with van der Waals surface area (Å²) in [6, 6.07) is 2.17. The molecule has 0 aliphatic rings. The van der Waals surface area contributed by atoms with Gasteiger partial charge in [-0.1, -0.05) is 13.3 Å². The molecule has 0 amide bonds. The zero-order valence-electron chi connectivity index (χ0n) is 7.28. The van der Waals surface area contributed by atoms with Gasteiger partial charge in [-0.25, -0.2) is 0 Å². The quantitative estimate of drug-likeness (QED) is 0.554. The first-order valence-electron chi connectivity index (χ1n) is 3.55. The molecule has 7 heteroatoms. The molecule has 0 heterocycles. The molecular weight excluding hydrogens is 274 g/mol. The van der Waals surface area contributed by atoms with E-state index in [4.69, 9.17) is 5.26 Å². The van der Waals surface area contributed by atoms with Crippen LogP contribution in [-0.2, 0) is 18.5 Å². The predicted octanol–water partition coefficient (Wildman–Crippen LogP) is 4.04. The first kappa shape index (κ1) is 15.4. The third-order valence-electron chi connectivity index (χ3n) is 0.942. The van der Waals surface area contributed by atoms with Gasteiger partial charge in [0.2, 0.25) is 0 Å². The van der Waals surface area contributed by atoms with Crippen molar-refractivity contribution >= 4 is 0 Å². The molecule has 13 heavy (non-hydrogen) atoms. The van der Waals surface area contributed by atoms with Crippen molar-refractivity contribution in [2.75, 3.05) is 0 Å². The van der Waals surface area contributed by atoms with E-state index in [1.165, 1.54) is 0 Å². The molecule has 0 radical (unpaired) electrons. The van der Waals surface area contributed by atoms with Crippen LogP contribution in [0.3, 0.4) is 0 Å². The van der Waals surface area contributed by atoms with E-state index in [1.54, 1.807) is 0 Å². The molecule has 0 saturated carbocycles. The Morgan fingerprint density at radius 2 is 1.54 bits per heavy atom. The van der Waals surface area contributed by atoms with E-state index in [1.807, 2.05) is 6.92 Å². The van der Waals surface area contributed by atoms with Crippen LogP contribution >= 0.6 is 0 Å². The summed E-state index contributed by atoms with van der Waals surface area (Å²) in [4.78, 5) is 0. The third kappa shape index (κ3) is 48.7. The van der Waals surface area contributed by atoms with Gasteiger partial charge in [0.1, 0.15) is 0 Å². The molecular formula is C6H11F5NNb. The number of nitrogens with zero attached hydrogens (tertiary/aromatic N) is 1. The summed E-state index contributed by atoms with van der Waals surface area (Å²) in [5.74, 6) is 0.255. The van der Waals surface area contributed by atoms with Crippen molar-refractivity contribution in [3.8, 4) is 6.07 Å². The molecule has 0 aromatic heterocycles. The summed E-state index contributed by atoms with van der Waals surface area (Å²) in [5, 5.41) is 8.22. The fourth-order valence-corrected chi connectivity index (χ4v) is 0.498. The first-order valence-corrected chi connectivity index (χ1v) is 7.70. The zero-order chi connectivity index (χ0) is 11.1. The Hall–Kier alpha value is -0.120. The number of rotatable bonds is 2. The minimum atomic E-state index is -9.19. The van der Waals surface area contributed by atoms with Crippen LogP contribution in [0.2, 0.25) is 0 Å². The molecule has 80 valence electrons. The second-order valence-corrected chi connectivity index (χ2v) is 5.60. The molecule has 0 rings (SSSR count). The second kappa shape index (κ2) is 5.58. The normalized spacial score (nSPS) is 15.7. The average molecular weight is 285 g/mol. The molecule has 1 unspecified atom stereocenters. The van der Waals surface area contributed by atoms with Crippen LogP contribution in [0.25, 0.3) is 0 Å². The molecule has 0 aromatic rings. The van der Waals surface area contributed by atoms with Crippen LogP contribution < -0.4 is 0 Å². The number of halogens is 5. The SMILES string of the molecule is CCCC(C)C#N.[F][Nb]([F])([F])([F])[F]. The second-order valence-electron chi connectivity index (χ2n) is 2.46. The maximum atomic E-state index is 9.91. The Bertz CT molecular complexity index is 163. The average Bonchev–Trinajstić information content (AvgIpc) is 1.83. The molecule has 0 aliphatic heterocycles. The third-order valence-corrected chi connectivity index (χ3v) is 0.942. The van der Waals surface area contributed by atoms with Gasteiger partial charge in [0.15, 0.2) is 0 Å². The van der Waals surface area contributed by atoms with Gasteiger partial charge in [-0.15, -0.1) is 0 Å². The molecule has 0 bridgehead atoms. The van der Waals surface area contributed by atoms with E-state index in [0.717, 1.165) is 12.8 Å². The van der Waals surface area contributed by atoms with E-state index >= 15 is 0 Å². The van der Waals surface area contributed by atoms with Gasteiger partial charge in [0, 0.05) is 5.92 Å². The Morgan fingerprint density at radius 1 is 1.23 bits per heavy atom. The standard InChI is InChI=1S/C6H11N.5FH.Nb/c1-3-4-6(2)5-7;;;;;;/h6H,3-4H2,1-2H3;5*1H;/q;;;;;;+5/p-5. The van der Waals surface area contributed by atoms with Gasteiger partial charge in [0.05, 0.1) is 6.07 Å². The van der Waals surface area contributed by atoms with Crippen LogP contribution in [0.5, 0.6) is 0 Å². The summed E-state index contributed by atoms with van der Waals surface area (Å²) in [7, 11) is 0. The van der Waals surface area contributed by atoms with Crippen molar-refractivity contribution < 1.29 is 33.7 Å².